The molecule has 1 aromatic carbocycles. The summed E-state index contributed by atoms with van der Waals surface area (Å²) in [5.74, 6) is -0.149. The summed E-state index contributed by atoms with van der Waals surface area (Å²) >= 11 is 0. The highest BCUT2D eigenvalue weighted by atomic mass is 16.2. The molecule has 23 heavy (non-hydrogen) atoms. The number of nitrogens with zero attached hydrogens (tertiary/aromatic N) is 1. The Morgan fingerprint density at radius 3 is 2.74 bits per heavy atom. The van der Waals surface area contributed by atoms with Crippen LogP contribution < -0.4 is 16.0 Å². The van der Waals surface area contributed by atoms with E-state index in [0.29, 0.717) is 18.5 Å². The Bertz CT molecular complexity index is 574. The number of rotatable bonds is 8. The van der Waals surface area contributed by atoms with Crippen molar-refractivity contribution in [2.75, 3.05) is 32.5 Å². The molecule has 1 atom stereocenters. The topological polar surface area (TPSA) is 73.5 Å². The van der Waals surface area contributed by atoms with Crippen LogP contribution in [0.25, 0.3) is 0 Å². The molecule has 1 aromatic rings. The number of hydrogen-bond donors (Lipinski definition) is 3. The third kappa shape index (κ3) is 3.82. The van der Waals surface area contributed by atoms with Crippen molar-refractivity contribution in [2.45, 2.75) is 32.4 Å². The third-order valence-corrected chi connectivity index (χ3v) is 4.13. The molecule has 0 aliphatic carbocycles. The van der Waals surface area contributed by atoms with Gasteiger partial charge in [0.2, 0.25) is 5.91 Å². The molecule has 126 valence electrons. The standard InChI is InChI=1S/C17H26N4O2/c1-4-5-15(16(22)19-3)21-11-12-10-13(20-9-8-18-2)6-7-14(12)17(21)23/h6-7,10,15,18,20H,4-5,8-9,11H2,1-3H3,(H,19,22). The number of anilines is 1. The molecule has 2 amide bonds. The lowest BCUT2D eigenvalue weighted by atomic mass is 10.1. The van der Waals surface area contributed by atoms with Gasteiger partial charge in [0.25, 0.3) is 5.91 Å². The maximum atomic E-state index is 12.6. The van der Waals surface area contributed by atoms with E-state index in [4.69, 9.17) is 0 Å². The van der Waals surface area contributed by atoms with Crippen LogP contribution in [0, 0.1) is 0 Å². The van der Waals surface area contributed by atoms with Crippen LogP contribution in [0.4, 0.5) is 5.69 Å². The molecule has 0 saturated heterocycles. The summed E-state index contributed by atoms with van der Waals surface area (Å²) in [6, 6.07) is 5.39. The van der Waals surface area contributed by atoms with Gasteiger partial charge in [0.15, 0.2) is 0 Å². The Hall–Kier alpha value is -2.08. The molecule has 1 aliphatic heterocycles. The molecule has 2 rings (SSSR count). The summed E-state index contributed by atoms with van der Waals surface area (Å²) in [7, 11) is 3.52. The minimum atomic E-state index is -0.398. The second-order valence-electron chi connectivity index (χ2n) is 5.75. The summed E-state index contributed by atoms with van der Waals surface area (Å²) in [5.41, 5.74) is 2.68. The summed E-state index contributed by atoms with van der Waals surface area (Å²) in [5, 5.41) is 9.07. The molecule has 6 heteroatoms. The molecular formula is C17H26N4O2. The lowest BCUT2D eigenvalue weighted by Gasteiger charge is -2.25. The van der Waals surface area contributed by atoms with Gasteiger partial charge in [-0.2, -0.15) is 0 Å². The summed E-state index contributed by atoms with van der Waals surface area (Å²) < 4.78 is 0. The van der Waals surface area contributed by atoms with E-state index in [1.54, 1.807) is 11.9 Å². The number of hydrogen-bond acceptors (Lipinski definition) is 4. The van der Waals surface area contributed by atoms with Crippen LogP contribution in [0.15, 0.2) is 18.2 Å². The average molecular weight is 318 g/mol. The minimum Gasteiger partial charge on any atom is -0.384 e. The van der Waals surface area contributed by atoms with Gasteiger partial charge in [0.05, 0.1) is 0 Å². The van der Waals surface area contributed by atoms with Crippen LogP contribution in [-0.2, 0) is 11.3 Å². The number of likely N-dealkylation sites (N-methyl/N-ethyl adjacent to an activating group) is 2. The maximum Gasteiger partial charge on any atom is 0.255 e. The fourth-order valence-corrected chi connectivity index (χ4v) is 2.91. The van der Waals surface area contributed by atoms with E-state index in [1.807, 2.05) is 32.2 Å². The lowest BCUT2D eigenvalue weighted by Crippen LogP contribution is -2.46. The van der Waals surface area contributed by atoms with E-state index >= 15 is 0 Å². The predicted octanol–water partition coefficient (Wildman–Crippen LogP) is 1.19. The smallest absolute Gasteiger partial charge is 0.255 e. The molecule has 1 unspecified atom stereocenters. The Kier molecular flexibility index (Phi) is 5.98. The zero-order valence-corrected chi connectivity index (χ0v) is 14.1. The quantitative estimate of drug-likeness (QED) is 0.630. The van der Waals surface area contributed by atoms with Gasteiger partial charge in [-0.25, -0.2) is 0 Å². The first-order valence-electron chi connectivity index (χ1n) is 8.16. The van der Waals surface area contributed by atoms with Crippen LogP contribution in [-0.4, -0.2) is 49.9 Å². The molecule has 3 N–H and O–H groups in total. The van der Waals surface area contributed by atoms with Crippen molar-refractivity contribution in [2.24, 2.45) is 0 Å². The van der Waals surface area contributed by atoms with Gasteiger partial charge in [-0.05, 0) is 37.2 Å². The zero-order valence-electron chi connectivity index (χ0n) is 14.1. The van der Waals surface area contributed by atoms with Crippen molar-refractivity contribution in [3.05, 3.63) is 29.3 Å². The lowest BCUT2D eigenvalue weighted by molar-refractivity contribution is -0.125. The minimum absolute atomic E-state index is 0.0520. The number of carbonyl (C=O) groups excluding carboxylic acids is 2. The molecule has 0 spiro atoms. The van der Waals surface area contributed by atoms with E-state index in [9.17, 15) is 9.59 Å². The van der Waals surface area contributed by atoms with Crippen molar-refractivity contribution in [3.8, 4) is 0 Å². The fraction of sp³-hybridized carbons (Fsp3) is 0.529. The SMILES string of the molecule is CCCC(C(=O)NC)N1Cc2cc(NCCNC)ccc2C1=O. The summed E-state index contributed by atoms with van der Waals surface area (Å²) in [4.78, 5) is 26.4. The fourth-order valence-electron chi connectivity index (χ4n) is 2.91. The largest absolute Gasteiger partial charge is 0.384 e. The van der Waals surface area contributed by atoms with Crippen LogP contribution in [0.1, 0.15) is 35.7 Å². The van der Waals surface area contributed by atoms with Gasteiger partial charge < -0.3 is 20.9 Å². The maximum absolute atomic E-state index is 12.6. The Morgan fingerprint density at radius 2 is 2.09 bits per heavy atom. The molecule has 0 saturated carbocycles. The molecule has 0 fully saturated rings. The van der Waals surface area contributed by atoms with Crippen LogP contribution in [0.2, 0.25) is 0 Å². The number of benzene rings is 1. The van der Waals surface area contributed by atoms with Gasteiger partial charge >= 0.3 is 0 Å². The molecule has 0 bridgehead atoms. The van der Waals surface area contributed by atoms with Gasteiger partial charge in [0, 0.05) is 37.9 Å². The van der Waals surface area contributed by atoms with Crippen LogP contribution >= 0.6 is 0 Å². The molecule has 0 radical (unpaired) electrons. The monoisotopic (exact) mass is 318 g/mol. The van der Waals surface area contributed by atoms with E-state index in [-0.39, 0.29) is 11.8 Å². The number of nitrogens with one attached hydrogen (secondary N) is 3. The number of carbonyl (C=O) groups is 2. The highest BCUT2D eigenvalue weighted by molar-refractivity contribution is 6.01. The van der Waals surface area contributed by atoms with Crippen LogP contribution in [0.5, 0.6) is 0 Å². The predicted molar refractivity (Wildman–Crippen MR) is 91.5 cm³/mol. The first-order valence-corrected chi connectivity index (χ1v) is 8.16. The first-order chi connectivity index (χ1) is 11.1. The summed E-state index contributed by atoms with van der Waals surface area (Å²) in [6.07, 6.45) is 1.53. The van der Waals surface area contributed by atoms with E-state index in [0.717, 1.165) is 30.8 Å². The van der Waals surface area contributed by atoms with Crippen molar-refractivity contribution in [1.29, 1.82) is 0 Å². The van der Waals surface area contributed by atoms with Gasteiger partial charge in [0.1, 0.15) is 6.04 Å². The normalized spacial score (nSPS) is 14.6. The molecule has 1 heterocycles. The van der Waals surface area contributed by atoms with Gasteiger partial charge in [-0.1, -0.05) is 13.3 Å². The second-order valence-corrected chi connectivity index (χ2v) is 5.75. The number of fused-ring (bicyclic) bond motifs is 1. The first kappa shape index (κ1) is 17.3. The van der Waals surface area contributed by atoms with Gasteiger partial charge in [-0.3, -0.25) is 9.59 Å². The van der Waals surface area contributed by atoms with Crippen LogP contribution in [0.3, 0.4) is 0 Å². The van der Waals surface area contributed by atoms with Crippen molar-refractivity contribution < 1.29 is 9.59 Å². The Labute approximate surface area is 137 Å². The van der Waals surface area contributed by atoms with Gasteiger partial charge in [-0.15, -0.1) is 0 Å². The van der Waals surface area contributed by atoms with E-state index < -0.39 is 6.04 Å². The third-order valence-electron chi connectivity index (χ3n) is 4.13. The Morgan fingerprint density at radius 1 is 1.30 bits per heavy atom. The second kappa shape index (κ2) is 7.97. The number of amides is 2. The van der Waals surface area contributed by atoms with Crippen molar-refractivity contribution in [3.63, 3.8) is 0 Å². The van der Waals surface area contributed by atoms with Crippen molar-refractivity contribution >= 4 is 17.5 Å². The molecular weight excluding hydrogens is 292 g/mol. The zero-order chi connectivity index (χ0) is 16.8. The van der Waals surface area contributed by atoms with Crippen molar-refractivity contribution in [1.82, 2.24) is 15.5 Å². The highest BCUT2D eigenvalue weighted by Gasteiger charge is 2.35. The molecule has 6 nitrogen and oxygen atoms in total. The van der Waals surface area contributed by atoms with E-state index in [1.165, 1.54) is 0 Å². The highest BCUT2D eigenvalue weighted by Crippen LogP contribution is 2.28. The average Bonchev–Trinajstić information content (AvgIpc) is 2.88. The Balaban J connectivity index is 2.15. The summed E-state index contributed by atoms with van der Waals surface area (Å²) in [6.45, 7) is 4.21. The molecule has 1 aliphatic rings. The van der Waals surface area contributed by atoms with E-state index in [2.05, 4.69) is 16.0 Å². The molecule has 0 aromatic heterocycles.